The third kappa shape index (κ3) is 5.56. The van der Waals surface area contributed by atoms with Gasteiger partial charge in [-0.15, -0.1) is 24.0 Å². The van der Waals surface area contributed by atoms with Crippen LogP contribution in [0.15, 0.2) is 41.7 Å². The summed E-state index contributed by atoms with van der Waals surface area (Å²) in [6.45, 7) is 5.11. The minimum atomic E-state index is -4.33. The number of aromatic nitrogens is 2. The van der Waals surface area contributed by atoms with Crippen molar-refractivity contribution in [2.45, 2.75) is 37.5 Å². The average Bonchev–Trinajstić information content (AvgIpc) is 3.43. The molecule has 1 aliphatic heterocycles. The number of hydrogen-bond acceptors (Lipinski definition) is 3. The first-order chi connectivity index (χ1) is 14.8. The summed E-state index contributed by atoms with van der Waals surface area (Å²) in [6, 6.07) is 5.69. The van der Waals surface area contributed by atoms with E-state index >= 15 is 0 Å². The Kier molecular flexibility index (Phi) is 7.74. The van der Waals surface area contributed by atoms with Gasteiger partial charge in [-0.2, -0.15) is 18.3 Å². The van der Waals surface area contributed by atoms with E-state index < -0.39 is 11.7 Å². The highest BCUT2D eigenvalue weighted by molar-refractivity contribution is 14.0. The van der Waals surface area contributed by atoms with Crippen molar-refractivity contribution in [3.63, 3.8) is 0 Å². The van der Waals surface area contributed by atoms with E-state index in [0.29, 0.717) is 32.8 Å². The van der Waals surface area contributed by atoms with Crippen LogP contribution in [0.3, 0.4) is 0 Å². The minimum absolute atomic E-state index is 0. The fourth-order valence-corrected chi connectivity index (χ4v) is 4.02. The fraction of sp³-hybridized carbons (Fsp3) is 0.545. The van der Waals surface area contributed by atoms with E-state index in [2.05, 4.69) is 15.3 Å². The number of alkyl halides is 3. The van der Waals surface area contributed by atoms with E-state index in [-0.39, 0.29) is 35.5 Å². The molecule has 4 rings (SSSR count). The van der Waals surface area contributed by atoms with Gasteiger partial charge in [-0.3, -0.25) is 9.67 Å². The van der Waals surface area contributed by atoms with Gasteiger partial charge in [-0.05, 0) is 31.4 Å². The molecule has 1 saturated heterocycles. The van der Waals surface area contributed by atoms with E-state index in [1.54, 1.807) is 10.7 Å². The summed E-state index contributed by atoms with van der Waals surface area (Å²) in [7, 11) is 1.87. The summed E-state index contributed by atoms with van der Waals surface area (Å²) < 4.78 is 47.1. The van der Waals surface area contributed by atoms with Crippen LogP contribution in [0.25, 0.3) is 0 Å². The van der Waals surface area contributed by atoms with Crippen molar-refractivity contribution >= 4 is 29.9 Å². The number of rotatable bonds is 5. The highest BCUT2D eigenvalue weighted by Crippen LogP contribution is 2.49. The zero-order valence-corrected chi connectivity index (χ0v) is 20.6. The van der Waals surface area contributed by atoms with Gasteiger partial charge in [0.15, 0.2) is 5.96 Å². The van der Waals surface area contributed by atoms with Crippen molar-refractivity contribution in [1.82, 2.24) is 20.0 Å². The molecule has 176 valence electrons. The van der Waals surface area contributed by atoms with Crippen LogP contribution in [-0.4, -0.2) is 53.4 Å². The standard InChI is InChI=1S/C22H28F3N5O.HI/c1-3-26-20(30-9-10-31-19(14-30)16-12-28-29(2)13-16)27-15-21(7-8-21)17-5-4-6-18(11-17)22(23,24)25;/h4-6,11-13,19H,3,7-10,14-15H2,1-2H3,(H,26,27);1H. The Morgan fingerprint density at radius 1 is 1.34 bits per heavy atom. The van der Waals surface area contributed by atoms with Gasteiger partial charge in [-0.25, -0.2) is 0 Å². The molecule has 1 saturated carbocycles. The number of aliphatic imine (C=N–C) groups is 1. The summed E-state index contributed by atoms with van der Waals surface area (Å²) in [6.07, 6.45) is 1.02. The zero-order valence-electron chi connectivity index (χ0n) is 18.2. The number of hydrogen-bond donors (Lipinski definition) is 1. The molecule has 2 aliphatic rings. The Labute approximate surface area is 203 Å². The number of nitrogens with zero attached hydrogens (tertiary/aromatic N) is 4. The Balaban J connectivity index is 0.00000289. The van der Waals surface area contributed by atoms with Gasteiger partial charge in [-0.1, -0.05) is 18.2 Å². The van der Waals surface area contributed by atoms with Crippen molar-refractivity contribution < 1.29 is 17.9 Å². The Hall–Kier alpha value is -1.82. The van der Waals surface area contributed by atoms with Gasteiger partial charge in [0, 0.05) is 37.3 Å². The van der Waals surface area contributed by atoms with Crippen LogP contribution in [0, 0.1) is 0 Å². The average molecular weight is 563 g/mol. The third-order valence-electron chi connectivity index (χ3n) is 5.98. The molecule has 2 heterocycles. The molecule has 0 amide bonds. The van der Waals surface area contributed by atoms with Crippen LogP contribution in [-0.2, 0) is 23.4 Å². The van der Waals surface area contributed by atoms with Crippen LogP contribution in [0.4, 0.5) is 13.2 Å². The second-order valence-corrected chi connectivity index (χ2v) is 8.28. The summed E-state index contributed by atoms with van der Waals surface area (Å²) in [5.41, 5.74) is 0.833. The Morgan fingerprint density at radius 3 is 2.75 bits per heavy atom. The molecule has 1 N–H and O–H groups in total. The predicted molar refractivity (Wildman–Crippen MR) is 127 cm³/mol. The van der Waals surface area contributed by atoms with E-state index in [1.807, 2.05) is 26.4 Å². The van der Waals surface area contributed by atoms with Crippen LogP contribution < -0.4 is 5.32 Å². The van der Waals surface area contributed by atoms with Gasteiger partial charge >= 0.3 is 6.18 Å². The van der Waals surface area contributed by atoms with E-state index in [1.165, 1.54) is 12.1 Å². The molecule has 1 aromatic carbocycles. The number of guanidine groups is 1. The Bertz CT molecular complexity index is 942. The van der Waals surface area contributed by atoms with Crippen LogP contribution in [0.5, 0.6) is 0 Å². The predicted octanol–water partition coefficient (Wildman–Crippen LogP) is 4.13. The summed E-state index contributed by atoms with van der Waals surface area (Å²) >= 11 is 0. The molecule has 1 aromatic heterocycles. The second-order valence-electron chi connectivity index (χ2n) is 8.28. The quantitative estimate of drug-likeness (QED) is 0.338. The lowest BCUT2D eigenvalue weighted by atomic mass is 9.94. The summed E-state index contributed by atoms with van der Waals surface area (Å²) in [5.74, 6) is 0.776. The molecule has 0 bridgehead atoms. The molecule has 0 spiro atoms. The zero-order chi connectivity index (χ0) is 22.1. The maximum atomic E-state index is 13.1. The largest absolute Gasteiger partial charge is 0.416 e. The maximum absolute atomic E-state index is 13.1. The van der Waals surface area contributed by atoms with Gasteiger partial charge in [0.25, 0.3) is 0 Å². The molecule has 1 atom stereocenters. The van der Waals surface area contributed by atoms with Gasteiger partial charge < -0.3 is 15.0 Å². The molecular formula is C22H29F3IN5O. The number of benzene rings is 1. The first-order valence-electron chi connectivity index (χ1n) is 10.6. The molecule has 2 fully saturated rings. The lowest BCUT2D eigenvalue weighted by molar-refractivity contribution is -0.137. The Morgan fingerprint density at radius 2 is 2.12 bits per heavy atom. The molecule has 1 unspecified atom stereocenters. The normalized spacial score (nSPS) is 20.6. The van der Waals surface area contributed by atoms with Gasteiger partial charge in [0.05, 0.1) is 31.5 Å². The van der Waals surface area contributed by atoms with Crippen molar-refractivity contribution in [3.05, 3.63) is 53.3 Å². The number of nitrogens with one attached hydrogen (secondary N) is 1. The second kappa shape index (κ2) is 9.98. The van der Waals surface area contributed by atoms with Gasteiger partial charge in [0.2, 0.25) is 0 Å². The van der Waals surface area contributed by atoms with Crippen LogP contribution in [0.2, 0.25) is 0 Å². The van der Waals surface area contributed by atoms with E-state index in [0.717, 1.165) is 36.0 Å². The molecule has 0 radical (unpaired) electrons. The van der Waals surface area contributed by atoms with E-state index in [4.69, 9.17) is 9.73 Å². The lowest BCUT2D eigenvalue weighted by Crippen LogP contribution is -2.48. The van der Waals surface area contributed by atoms with Gasteiger partial charge in [0.1, 0.15) is 6.10 Å². The fourth-order valence-electron chi connectivity index (χ4n) is 4.02. The molecule has 1 aliphatic carbocycles. The topological polar surface area (TPSA) is 54.7 Å². The van der Waals surface area contributed by atoms with Crippen LogP contribution >= 0.6 is 24.0 Å². The molecule has 10 heteroatoms. The summed E-state index contributed by atoms with van der Waals surface area (Å²) in [5, 5.41) is 7.56. The molecular weight excluding hydrogens is 534 g/mol. The number of ether oxygens (including phenoxy) is 1. The number of morpholine rings is 1. The number of halogens is 4. The third-order valence-corrected chi connectivity index (χ3v) is 5.98. The molecule has 32 heavy (non-hydrogen) atoms. The first-order valence-corrected chi connectivity index (χ1v) is 10.6. The lowest BCUT2D eigenvalue weighted by Gasteiger charge is -2.35. The molecule has 6 nitrogen and oxygen atoms in total. The number of aryl methyl sites for hydroxylation is 1. The van der Waals surface area contributed by atoms with Crippen molar-refractivity contribution in [3.8, 4) is 0 Å². The van der Waals surface area contributed by atoms with Crippen LogP contribution in [0.1, 0.15) is 42.6 Å². The maximum Gasteiger partial charge on any atom is 0.416 e. The van der Waals surface area contributed by atoms with Crippen molar-refractivity contribution in [2.24, 2.45) is 12.0 Å². The molecule has 2 aromatic rings. The van der Waals surface area contributed by atoms with E-state index in [9.17, 15) is 13.2 Å². The smallest absolute Gasteiger partial charge is 0.370 e. The minimum Gasteiger partial charge on any atom is -0.370 e. The SMILES string of the molecule is CCNC(=NCC1(c2cccc(C(F)(F)F)c2)CC1)N1CCOC(c2cnn(C)c2)C1.I. The van der Waals surface area contributed by atoms with Crippen molar-refractivity contribution in [1.29, 1.82) is 0 Å². The van der Waals surface area contributed by atoms with Crippen molar-refractivity contribution in [2.75, 3.05) is 32.8 Å². The first kappa shape index (κ1) is 24.8. The highest BCUT2D eigenvalue weighted by atomic mass is 127. The monoisotopic (exact) mass is 563 g/mol. The highest BCUT2D eigenvalue weighted by Gasteiger charge is 2.45. The summed E-state index contributed by atoms with van der Waals surface area (Å²) in [4.78, 5) is 7.01.